The minimum absolute atomic E-state index is 0.0614. The maximum absolute atomic E-state index is 11.9. The number of aryl methyl sites for hydroxylation is 1. The maximum atomic E-state index is 11.9. The highest BCUT2D eigenvalue weighted by Crippen LogP contribution is 2.31. The van der Waals surface area contributed by atoms with Gasteiger partial charge in [0.2, 0.25) is 5.91 Å². The monoisotopic (exact) mass is 228 g/mol. The quantitative estimate of drug-likeness (QED) is 0.844. The van der Waals surface area contributed by atoms with Crippen molar-refractivity contribution in [3.63, 3.8) is 0 Å². The van der Waals surface area contributed by atoms with Gasteiger partial charge in [0.1, 0.15) is 5.41 Å². The number of fused-ring (bicyclic) bond motifs is 1. The molecule has 0 fully saturated rings. The molecule has 1 aromatic rings. The van der Waals surface area contributed by atoms with E-state index in [1.165, 1.54) is 11.1 Å². The van der Waals surface area contributed by atoms with Crippen LogP contribution in [-0.2, 0) is 11.2 Å². The Hall–Kier alpha value is -1.82. The van der Waals surface area contributed by atoms with Gasteiger partial charge in [0.15, 0.2) is 0 Å². The normalized spacial score (nSPS) is 18.3. The van der Waals surface area contributed by atoms with Crippen LogP contribution >= 0.6 is 0 Å². The largest absolute Gasteiger partial charge is 0.348 e. The molecule has 88 valence electrons. The van der Waals surface area contributed by atoms with Crippen molar-refractivity contribution in [1.82, 2.24) is 5.32 Å². The Bertz CT molecular complexity index is 485. The van der Waals surface area contributed by atoms with Crippen LogP contribution in [0.3, 0.4) is 0 Å². The van der Waals surface area contributed by atoms with Crippen LogP contribution < -0.4 is 5.32 Å². The predicted octanol–water partition coefficient (Wildman–Crippen LogP) is 2.34. The Morgan fingerprint density at radius 1 is 1.47 bits per heavy atom. The predicted molar refractivity (Wildman–Crippen MR) is 65.0 cm³/mol. The SMILES string of the molecule is CC(C)(C#N)C(=O)NC1CCc2ccccc21. The van der Waals surface area contributed by atoms with Gasteiger partial charge in [-0.05, 0) is 37.8 Å². The Balaban J connectivity index is 2.13. The van der Waals surface area contributed by atoms with Gasteiger partial charge in [-0.2, -0.15) is 5.26 Å². The van der Waals surface area contributed by atoms with Crippen LogP contribution in [0.2, 0.25) is 0 Å². The summed E-state index contributed by atoms with van der Waals surface area (Å²) in [6.07, 6.45) is 1.92. The number of hydrogen-bond acceptors (Lipinski definition) is 2. The van der Waals surface area contributed by atoms with E-state index in [1.807, 2.05) is 24.3 Å². The van der Waals surface area contributed by atoms with Crippen molar-refractivity contribution in [2.45, 2.75) is 32.7 Å². The lowest BCUT2D eigenvalue weighted by molar-refractivity contribution is -0.127. The van der Waals surface area contributed by atoms with Gasteiger partial charge in [-0.1, -0.05) is 24.3 Å². The van der Waals surface area contributed by atoms with Crippen LogP contribution in [0.4, 0.5) is 0 Å². The number of amides is 1. The van der Waals surface area contributed by atoms with E-state index in [0.29, 0.717) is 0 Å². The van der Waals surface area contributed by atoms with Crippen LogP contribution in [-0.4, -0.2) is 5.91 Å². The van der Waals surface area contributed by atoms with Gasteiger partial charge in [0.25, 0.3) is 0 Å². The van der Waals surface area contributed by atoms with Gasteiger partial charge in [-0.15, -0.1) is 0 Å². The number of nitrogens with one attached hydrogen (secondary N) is 1. The zero-order chi connectivity index (χ0) is 12.5. The molecule has 0 bridgehead atoms. The molecule has 17 heavy (non-hydrogen) atoms. The van der Waals surface area contributed by atoms with Crippen LogP contribution in [0.5, 0.6) is 0 Å². The molecule has 1 aromatic carbocycles. The molecule has 0 aromatic heterocycles. The van der Waals surface area contributed by atoms with E-state index in [0.717, 1.165) is 12.8 Å². The Labute approximate surface area is 101 Å². The number of carbonyl (C=O) groups is 1. The lowest BCUT2D eigenvalue weighted by Gasteiger charge is -2.20. The maximum Gasteiger partial charge on any atom is 0.240 e. The molecule has 0 spiro atoms. The molecular weight excluding hydrogens is 212 g/mol. The molecule has 1 amide bonds. The average molecular weight is 228 g/mol. The van der Waals surface area contributed by atoms with Gasteiger partial charge >= 0.3 is 0 Å². The molecule has 3 heteroatoms. The first-order chi connectivity index (χ1) is 8.04. The molecular formula is C14H16N2O. The van der Waals surface area contributed by atoms with Gasteiger partial charge in [-0.25, -0.2) is 0 Å². The highest BCUT2D eigenvalue weighted by Gasteiger charge is 2.31. The summed E-state index contributed by atoms with van der Waals surface area (Å²) in [6, 6.07) is 10.2. The third-order valence-electron chi connectivity index (χ3n) is 3.29. The molecule has 1 aliphatic rings. The van der Waals surface area contributed by atoms with Crippen molar-refractivity contribution in [3.8, 4) is 6.07 Å². The molecule has 2 rings (SSSR count). The number of nitriles is 1. The van der Waals surface area contributed by atoms with Crippen molar-refractivity contribution in [2.24, 2.45) is 5.41 Å². The molecule has 0 radical (unpaired) electrons. The Morgan fingerprint density at radius 3 is 2.88 bits per heavy atom. The summed E-state index contributed by atoms with van der Waals surface area (Å²) in [7, 11) is 0. The van der Waals surface area contributed by atoms with E-state index in [4.69, 9.17) is 5.26 Å². The van der Waals surface area contributed by atoms with Crippen molar-refractivity contribution in [3.05, 3.63) is 35.4 Å². The summed E-state index contributed by atoms with van der Waals surface area (Å²) < 4.78 is 0. The third-order valence-corrected chi connectivity index (χ3v) is 3.29. The van der Waals surface area contributed by atoms with E-state index in [-0.39, 0.29) is 11.9 Å². The van der Waals surface area contributed by atoms with E-state index >= 15 is 0 Å². The summed E-state index contributed by atoms with van der Waals surface area (Å²) in [5, 5.41) is 11.9. The number of rotatable bonds is 2. The van der Waals surface area contributed by atoms with Crippen LogP contribution in [0, 0.1) is 16.7 Å². The van der Waals surface area contributed by atoms with Crippen molar-refractivity contribution in [1.29, 1.82) is 5.26 Å². The summed E-state index contributed by atoms with van der Waals surface area (Å²) in [5.74, 6) is -0.193. The Kier molecular flexibility index (Phi) is 2.89. The summed E-state index contributed by atoms with van der Waals surface area (Å²) in [6.45, 7) is 3.28. The van der Waals surface area contributed by atoms with Crippen molar-refractivity contribution < 1.29 is 4.79 Å². The Morgan fingerprint density at radius 2 is 2.18 bits per heavy atom. The molecule has 1 atom stereocenters. The standard InChI is InChI=1S/C14H16N2O/c1-14(2,9-15)13(17)16-12-8-7-10-5-3-4-6-11(10)12/h3-6,12H,7-8H2,1-2H3,(H,16,17). The van der Waals surface area contributed by atoms with Gasteiger partial charge < -0.3 is 5.32 Å². The van der Waals surface area contributed by atoms with Crippen molar-refractivity contribution in [2.75, 3.05) is 0 Å². The van der Waals surface area contributed by atoms with Crippen LogP contribution in [0.15, 0.2) is 24.3 Å². The van der Waals surface area contributed by atoms with Gasteiger partial charge in [0, 0.05) is 0 Å². The second-order valence-electron chi connectivity index (χ2n) is 5.00. The summed E-state index contributed by atoms with van der Waals surface area (Å²) in [4.78, 5) is 11.9. The number of carbonyl (C=O) groups excluding carboxylic acids is 1. The smallest absolute Gasteiger partial charge is 0.240 e. The molecule has 3 nitrogen and oxygen atoms in total. The number of hydrogen-bond donors (Lipinski definition) is 1. The fourth-order valence-electron chi connectivity index (χ4n) is 2.10. The first-order valence-electron chi connectivity index (χ1n) is 5.84. The third kappa shape index (κ3) is 2.16. The van der Waals surface area contributed by atoms with E-state index in [1.54, 1.807) is 13.8 Å². The van der Waals surface area contributed by atoms with E-state index in [2.05, 4.69) is 11.4 Å². The summed E-state index contributed by atoms with van der Waals surface area (Å²) in [5.41, 5.74) is 1.53. The van der Waals surface area contributed by atoms with E-state index < -0.39 is 5.41 Å². The second-order valence-corrected chi connectivity index (χ2v) is 5.00. The van der Waals surface area contributed by atoms with E-state index in [9.17, 15) is 4.79 Å². The summed E-state index contributed by atoms with van der Waals surface area (Å²) >= 11 is 0. The second kappa shape index (κ2) is 4.21. The number of benzene rings is 1. The van der Waals surface area contributed by atoms with Gasteiger partial charge in [0.05, 0.1) is 12.1 Å². The highest BCUT2D eigenvalue weighted by atomic mass is 16.2. The highest BCUT2D eigenvalue weighted by molar-refractivity contribution is 5.85. The molecule has 0 heterocycles. The topological polar surface area (TPSA) is 52.9 Å². The minimum atomic E-state index is -0.961. The van der Waals surface area contributed by atoms with Gasteiger partial charge in [-0.3, -0.25) is 4.79 Å². The zero-order valence-electron chi connectivity index (χ0n) is 10.2. The molecule has 1 unspecified atom stereocenters. The lowest BCUT2D eigenvalue weighted by atomic mass is 9.94. The van der Waals surface area contributed by atoms with Crippen LogP contribution in [0.1, 0.15) is 37.4 Å². The molecule has 0 aliphatic heterocycles. The fraction of sp³-hybridized carbons (Fsp3) is 0.429. The lowest BCUT2D eigenvalue weighted by Crippen LogP contribution is -2.37. The minimum Gasteiger partial charge on any atom is -0.348 e. The molecule has 0 saturated heterocycles. The van der Waals surface area contributed by atoms with Crippen LogP contribution in [0.25, 0.3) is 0 Å². The van der Waals surface area contributed by atoms with Crippen molar-refractivity contribution >= 4 is 5.91 Å². The fourth-order valence-corrected chi connectivity index (χ4v) is 2.10. The molecule has 1 N–H and O–H groups in total. The molecule has 0 saturated carbocycles. The first-order valence-corrected chi connectivity index (χ1v) is 5.84. The molecule has 1 aliphatic carbocycles. The number of nitrogens with zero attached hydrogens (tertiary/aromatic N) is 1. The average Bonchev–Trinajstić information content (AvgIpc) is 2.73. The first kappa shape index (κ1) is 11.7. The zero-order valence-corrected chi connectivity index (χ0v) is 10.2.